The molecule has 0 bridgehead atoms. The highest BCUT2D eigenvalue weighted by Gasteiger charge is 2.10. The summed E-state index contributed by atoms with van der Waals surface area (Å²) in [5, 5.41) is 0. The lowest BCUT2D eigenvalue weighted by molar-refractivity contribution is 0.404. The van der Waals surface area contributed by atoms with E-state index < -0.39 is 0 Å². The number of aryl methyl sites for hydroxylation is 2. The lowest BCUT2D eigenvalue weighted by Crippen LogP contribution is -2.04. The SMILES string of the molecule is C=C/C(=C\C=C/C)c1nc(C)nc(C)c1C=NC.CC1CCCCCCC1.CCCC.CCCCCC. The van der Waals surface area contributed by atoms with Crippen LogP contribution < -0.4 is 0 Å². The zero-order valence-electron chi connectivity index (χ0n) is 26.2. The third kappa shape index (κ3) is 20.7. The Hall–Kier alpha value is -2.03. The molecule has 1 saturated carbocycles. The maximum absolute atomic E-state index is 4.50. The Balaban J connectivity index is 0. The van der Waals surface area contributed by atoms with Crippen LogP contribution in [0.3, 0.4) is 0 Å². The first kappa shape index (κ1) is 37.1. The molecule has 0 spiro atoms. The van der Waals surface area contributed by atoms with Gasteiger partial charge in [0.1, 0.15) is 5.82 Å². The van der Waals surface area contributed by atoms with Gasteiger partial charge in [-0.1, -0.05) is 149 Å². The molecule has 0 unspecified atom stereocenters. The summed E-state index contributed by atoms with van der Waals surface area (Å²) in [7, 11) is 1.74. The molecule has 0 aromatic carbocycles. The molecule has 3 heteroatoms. The molecule has 0 N–H and O–H groups in total. The summed E-state index contributed by atoms with van der Waals surface area (Å²) in [6.45, 7) is 20.9. The van der Waals surface area contributed by atoms with Crippen molar-refractivity contribution in [1.29, 1.82) is 0 Å². The monoisotopic (exact) mass is 511 g/mol. The summed E-state index contributed by atoms with van der Waals surface area (Å²) in [6.07, 6.45) is 28.1. The first-order valence-corrected chi connectivity index (χ1v) is 15.1. The quantitative estimate of drug-likeness (QED) is 0.198. The van der Waals surface area contributed by atoms with Crippen molar-refractivity contribution in [2.75, 3.05) is 7.05 Å². The van der Waals surface area contributed by atoms with E-state index in [1.807, 2.05) is 39.0 Å². The van der Waals surface area contributed by atoms with E-state index in [0.29, 0.717) is 0 Å². The number of aromatic nitrogens is 2. The van der Waals surface area contributed by atoms with Gasteiger partial charge in [-0.15, -0.1) is 0 Å². The number of hydrogen-bond acceptors (Lipinski definition) is 3. The molecule has 1 fully saturated rings. The molecule has 0 saturated heterocycles. The summed E-state index contributed by atoms with van der Waals surface area (Å²) in [5.41, 5.74) is 3.71. The van der Waals surface area contributed by atoms with Crippen molar-refractivity contribution >= 4 is 11.8 Å². The van der Waals surface area contributed by atoms with E-state index in [2.05, 4.69) is 56.2 Å². The lowest BCUT2D eigenvalue weighted by atomic mass is 9.93. The van der Waals surface area contributed by atoms with Gasteiger partial charge >= 0.3 is 0 Å². The highest BCUT2D eigenvalue weighted by molar-refractivity contribution is 5.90. The Morgan fingerprint density at radius 2 is 1.43 bits per heavy atom. The second-order valence-corrected chi connectivity index (χ2v) is 10.0. The van der Waals surface area contributed by atoms with Crippen LogP contribution in [0, 0.1) is 19.8 Å². The van der Waals surface area contributed by atoms with E-state index in [0.717, 1.165) is 34.3 Å². The van der Waals surface area contributed by atoms with E-state index in [9.17, 15) is 0 Å². The van der Waals surface area contributed by atoms with E-state index in [1.54, 1.807) is 19.3 Å². The zero-order valence-corrected chi connectivity index (χ0v) is 26.2. The minimum absolute atomic E-state index is 0.754. The van der Waals surface area contributed by atoms with Gasteiger partial charge in [0.2, 0.25) is 0 Å². The van der Waals surface area contributed by atoms with Crippen molar-refractivity contribution in [3.05, 3.63) is 53.7 Å². The second kappa shape index (κ2) is 27.0. The number of hydrogen-bond donors (Lipinski definition) is 0. The van der Waals surface area contributed by atoms with Crippen LogP contribution in [-0.4, -0.2) is 23.2 Å². The van der Waals surface area contributed by atoms with Gasteiger partial charge in [0.05, 0.1) is 11.4 Å². The van der Waals surface area contributed by atoms with Gasteiger partial charge in [-0.3, -0.25) is 4.99 Å². The Bertz CT molecular complexity index is 745. The molecule has 1 aliphatic rings. The molecule has 0 amide bonds. The molecule has 0 atom stereocenters. The van der Waals surface area contributed by atoms with Crippen molar-refractivity contribution in [2.24, 2.45) is 10.9 Å². The third-order valence-electron chi connectivity index (χ3n) is 6.32. The Morgan fingerprint density at radius 1 is 0.892 bits per heavy atom. The molecular formula is C34H61N3. The van der Waals surface area contributed by atoms with Crippen molar-refractivity contribution in [2.45, 2.75) is 139 Å². The number of allylic oxidation sites excluding steroid dienone is 5. The highest BCUT2D eigenvalue weighted by atomic mass is 14.9. The van der Waals surface area contributed by atoms with Gasteiger partial charge in [-0.05, 0) is 26.7 Å². The van der Waals surface area contributed by atoms with Crippen molar-refractivity contribution < 1.29 is 0 Å². The number of aliphatic imine (C=N–C) groups is 1. The minimum Gasteiger partial charge on any atom is -0.296 e. The third-order valence-corrected chi connectivity index (χ3v) is 6.32. The molecule has 1 heterocycles. The van der Waals surface area contributed by atoms with Gasteiger partial charge in [0.25, 0.3) is 0 Å². The standard InChI is InChI=1S/C15H19N3.C9H18.C6H14.C4H10/c1-6-8-9-13(7-2)15-14(10-16-5)11(3)17-12(4)18-15;1-9-7-5-3-2-4-6-8-9;1-3-5-6-4-2;1-3-4-2/h6-10H,2H2,1,3-5H3;9H,2-8H2,1H3;3-6H2,1-2H3;3-4H2,1-2H3/b8-6-,13-9+,16-10?;;;. The van der Waals surface area contributed by atoms with Crippen molar-refractivity contribution in [1.82, 2.24) is 9.97 Å². The molecule has 1 aliphatic carbocycles. The van der Waals surface area contributed by atoms with Crippen LogP contribution in [0.5, 0.6) is 0 Å². The minimum atomic E-state index is 0.754. The van der Waals surface area contributed by atoms with Crippen molar-refractivity contribution in [3.63, 3.8) is 0 Å². The predicted octanol–water partition coefficient (Wildman–Crippen LogP) is 11.0. The maximum Gasteiger partial charge on any atom is 0.126 e. The molecule has 0 aliphatic heterocycles. The largest absolute Gasteiger partial charge is 0.296 e. The molecule has 212 valence electrons. The van der Waals surface area contributed by atoms with E-state index in [-0.39, 0.29) is 0 Å². The summed E-state index contributed by atoms with van der Waals surface area (Å²) >= 11 is 0. The average molecular weight is 512 g/mol. The first-order valence-electron chi connectivity index (χ1n) is 15.1. The fraction of sp³-hybridized carbons (Fsp3) is 0.676. The fourth-order valence-electron chi connectivity index (χ4n) is 3.83. The molecule has 3 nitrogen and oxygen atoms in total. The lowest BCUT2D eigenvalue weighted by Gasteiger charge is -2.13. The summed E-state index contributed by atoms with van der Waals surface area (Å²) < 4.78 is 0. The molecular weight excluding hydrogens is 450 g/mol. The number of nitrogens with zero attached hydrogens (tertiary/aromatic N) is 3. The highest BCUT2D eigenvalue weighted by Crippen LogP contribution is 2.21. The van der Waals surface area contributed by atoms with Gasteiger partial charge in [0, 0.05) is 24.4 Å². The van der Waals surface area contributed by atoms with E-state index in [4.69, 9.17) is 0 Å². The molecule has 0 radical (unpaired) electrons. The number of rotatable bonds is 8. The zero-order chi connectivity index (χ0) is 28.3. The molecule has 37 heavy (non-hydrogen) atoms. The molecule has 2 rings (SSSR count). The fourth-order valence-corrected chi connectivity index (χ4v) is 3.83. The van der Waals surface area contributed by atoms with Crippen LogP contribution in [0.15, 0.2) is 35.9 Å². The predicted molar refractivity (Wildman–Crippen MR) is 170 cm³/mol. The van der Waals surface area contributed by atoms with Crippen LogP contribution in [0.4, 0.5) is 0 Å². The second-order valence-electron chi connectivity index (χ2n) is 10.0. The van der Waals surface area contributed by atoms with Gasteiger partial charge in [0.15, 0.2) is 0 Å². The summed E-state index contributed by atoms with van der Waals surface area (Å²) in [5.74, 6) is 1.77. The normalized spacial score (nSPS) is 14.5. The van der Waals surface area contributed by atoms with E-state index >= 15 is 0 Å². The van der Waals surface area contributed by atoms with Crippen LogP contribution >= 0.6 is 0 Å². The van der Waals surface area contributed by atoms with Crippen LogP contribution in [-0.2, 0) is 0 Å². The maximum atomic E-state index is 4.50. The Morgan fingerprint density at radius 3 is 1.86 bits per heavy atom. The Kier molecular flexibility index (Phi) is 27.1. The van der Waals surface area contributed by atoms with Gasteiger partial charge in [-0.25, -0.2) is 9.97 Å². The van der Waals surface area contributed by atoms with E-state index in [1.165, 1.54) is 83.5 Å². The Labute approximate surface area is 232 Å². The van der Waals surface area contributed by atoms with Gasteiger partial charge < -0.3 is 0 Å². The van der Waals surface area contributed by atoms with Crippen LogP contribution in [0.1, 0.15) is 148 Å². The average Bonchev–Trinajstić information content (AvgIpc) is 2.88. The topological polar surface area (TPSA) is 38.1 Å². The first-order chi connectivity index (χ1) is 17.9. The molecule has 1 aromatic heterocycles. The molecule has 1 aromatic rings. The van der Waals surface area contributed by atoms with Gasteiger partial charge in [-0.2, -0.15) is 0 Å². The summed E-state index contributed by atoms with van der Waals surface area (Å²) in [6, 6.07) is 0. The van der Waals surface area contributed by atoms with Crippen LogP contribution in [0.25, 0.3) is 5.57 Å². The smallest absolute Gasteiger partial charge is 0.126 e. The summed E-state index contributed by atoms with van der Waals surface area (Å²) in [4.78, 5) is 12.9. The number of unbranched alkanes of at least 4 members (excludes halogenated alkanes) is 4. The van der Waals surface area contributed by atoms with Crippen LogP contribution in [0.2, 0.25) is 0 Å². The van der Waals surface area contributed by atoms with Crippen molar-refractivity contribution in [3.8, 4) is 0 Å².